The van der Waals surface area contributed by atoms with Crippen molar-refractivity contribution in [3.63, 3.8) is 0 Å². The Kier molecular flexibility index (Phi) is 3.09. The van der Waals surface area contributed by atoms with E-state index in [1.165, 1.54) is 11.1 Å². The zero-order chi connectivity index (χ0) is 8.97. The predicted octanol–water partition coefficient (Wildman–Crippen LogP) is 3.67. The van der Waals surface area contributed by atoms with Gasteiger partial charge in [0.05, 0.1) is 0 Å². The summed E-state index contributed by atoms with van der Waals surface area (Å²) >= 11 is 0. The van der Waals surface area contributed by atoms with Crippen LogP contribution in [0.3, 0.4) is 0 Å². The van der Waals surface area contributed by atoms with Gasteiger partial charge in [0.25, 0.3) is 0 Å². The number of hydrogen-bond acceptors (Lipinski definition) is 0. The Morgan fingerprint density at radius 2 is 1.92 bits per heavy atom. The Labute approximate surface area is 74.9 Å². The van der Waals surface area contributed by atoms with Crippen molar-refractivity contribution in [3.05, 3.63) is 47.5 Å². The fraction of sp³-hybridized carbons (Fsp3) is 0.333. The molecule has 0 radical (unpaired) electrons. The van der Waals surface area contributed by atoms with E-state index < -0.39 is 0 Å². The summed E-state index contributed by atoms with van der Waals surface area (Å²) in [5, 5.41) is 0. The van der Waals surface area contributed by atoms with Crippen LogP contribution < -0.4 is 0 Å². The molecule has 0 heterocycles. The van der Waals surface area contributed by atoms with Crippen LogP contribution in [0.2, 0.25) is 0 Å². The summed E-state index contributed by atoms with van der Waals surface area (Å²) in [5.74, 6) is 0.538. The van der Waals surface area contributed by atoms with Gasteiger partial charge in [-0.2, -0.15) is 0 Å². The van der Waals surface area contributed by atoms with E-state index >= 15 is 0 Å². The average molecular weight is 160 g/mol. The molecular weight excluding hydrogens is 144 g/mol. The van der Waals surface area contributed by atoms with E-state index in [0.717, 1.165) is 0 Å². The lowest BCUT2D eigenvalue weighted by Gasteiger charge is -2.09. The molecule has 0 bridgehead atoms. The van der Waals surface area contributed by atoms with Crippen molar-refractivity contribution < 1.29 is 0 Å². The molecule has 0 aliphatic carbocycles. The van der Waals surface area contributed by atoms with Crippen LogP contribution in [0.25, 0.3) is 0 Å². The molecule has 0 aliphatic rings. The number of rotatable bonds is 2. The third kappa shape index (κ3) is 1.97. The molecule has 12 heavy (non-hydrogen) atoms. The zero-order valence-electron chi connectivity index (χ0n) is 8.04. The van der Waals surface area contributed by atoms with E-state index in [2.05, 4.69) is 57.2 Å². The van der Waals surface area contributed by atoms with Gasteiger partial charge in [0.15, 0.2) is 0 Å². The van der Waals surface area contributed by atoms with Crippen LogP contribution in [0.15, 0.2) is 36.4 Å². The monoisotopic (exact) mass is 160 g/mol. The van der Waals surface area contributed by atoms with Crippen molar-refractivity contribution in [3.8, 4) is 0 Å². The van der Waals surface area contributed by atoms with Crippen LogP contribution in [0.1, 0.15) is 30.9 Å². The van der Waals surface area contributed by atoms with Gasteiger partial charge in [-0.25, -0.2) is 0 Å². The molecule has 0 spiro atoms. The average Bonchev–Trinajstić information content (AvgIpc) is 2.05. The summed E-state index contributed by atoms with van der Waals surface area (Å²) < 4.78 is 0. The van der Waals surface area contributed by atoms with Crippen molar-refractivity contribution in [2.75, 3.05) is 0 Å². The third-order valence-corrected chi connectivity index (χ3v) is 2.16. The standard InChI is InChI=1S/C12H16/c1-4-7-10(2)12-9-6-5-8-11(12)3/h4-10H,1-3H3. The van der Waals surface area contributed by atoms with Gasteiger partial charge in [0.2, 0.25) is 0 Å². The van der Waals surface area contributed by atoms with Gasteiger partial charge >= 0.3 is 0 Å². The van der Waals surface area contributed by atoms with E-state index in [4.69, 9.17) is 0 Å². The topological polar surface area (TPSA) is 0 Å². The first-order chi connectivity index (χ1) is 5.75. The molecule has 64 valence electrons. The van der Waals surface area contributed by atoms with Gasteiger partial charge in [-0.05, 0) is 30.9 Å². The molecule has 1 rings (SSSR count). The number of allylic oxidation sites excluding steroid dienone is 2. The lowest BCUT2D eigenvalue weighted by Crippen LogP contribution is -1.91. The van der Waals surface area contributed by atoms with E-state index in [1.807, 2.05) is 0 Å². The van der Waals surface area contributed by atoms with Crippen molar-refractivity contribution in [1.29, 1.82) is 0 Å². The minimum absolute atomic E-state index is 0.538. The van der Waals surface area contributed by atoms with Crippen LogP contribution in [-0.4, -0.2) is 0 Å². The van der Waals surface area contributed by atoms with Crippen LogP contribution in [0.4, 0.5) is 0 Å². The number of hydrogen-bond donors (Lipinski definition) is 0. The summed E-state index contributed by atoms with van der Waals surface area (Å²) in [6, 6.07) is 8.54. The summed E-state index contributed by atoms with van der Waals surface area (Å²) in [6.45, 7) is 6.45. The maximum atomic E-state index is 2.22. The molecule has 0 N–H and O–H groups in total. The molecule has 1 aromatic carbocycles. The highest BCUT2D eigenvalue weighted by molar-refractivity contribution is 5.31. The molecule has 0 aromatic heterocycles. The van der Waals surface area contributed by atoms with Gasteiger partial charge in [-0.3, -0.25) is 0 Å². The molecule has 1 aromatic rings. The van der Waals surface area contributed by atoms with Crippen LogP contribution in [0.5, 0.6) is 0 Å². The minimum atomic E-state index is 0.538. The quantitative estimate of drug-likeness (QED) is 0.579. The summed E-state index contributed by atoms with van der Waals surface area (Å²) in [5.41, 5.74) is 2.80. The van der Waals surface area contributed by atoms with E-state index in [1.54, 1.807) is 0 Å². The second-order valence-corrected chi connectivity index (χ2v) is 3.17. The Balaban J connectivity index is 2.94. The first-order valence-electron chi connectivity index (χ1n) is 4.44. The van der Waals surface area contributed by atoms with Gasteiger partial charge in [-0.15, -0.1) is 0 Å². The molecule has 0 heteroatoms. The van der Waals surface area contributed by atoms with E-state index in [9.17, 15) is 0 Å². The molecule has 0 nitrogen and oxygen atoms in total. The first-order valence-corrected chi connectivity index (χ1v) is 4.44. The van der Waals surface area contributed by atoms with Crippen molar-refractivity contribution >= 4 is 0 Å². The largest absolute Gasteiger partial charge is 0.0911 e. The highest BCUT2D eigenvalue weighted by atomic mass is 14.1. The fourth-order valence-corrected chi connectivity index (χ4v) is 1.49. The van der Waals surface area contributed by atoms with Gasteiger partial charge in [0, 0.05) is 0 Å². The van der Waals surface area contributed by atoms with Crippen LogP contribution in [-0.2, 0) is 0 Å². The maximum Gasteiger partial charge on any atom is -0.000793 e. The lowest BCUT2D eigenvalue weighted by molar-refractivity contribution is 0.950. The molecular formula is C12H16. The Bertz CT molecular complexity index is 271. The molecule has 1 unspecified atom stereocenters. The lowest BCUT2D eigenvalue weighted by atomic mass is 9.96. The van der Waals surface area contributed by atoms with Crippen LogP contribution in [0, 0.1) is 6.92 Å². The molecule has 1 atom stereocenters. The highest BCUT2D eigenvalue weighted by Gasteiger charge is 2.02. The van der Waals surface area contributed by atoms with E-state index in [0.29, 0.717) is 5.92 Å². The number of benzene rings is 1. The Morgan fingerprint density at radius 3 is 2.50 bits per heavy atom. The SMILES string of the molecule is CC=CC(C)c1ccccc1C. The molecule has 0 amide bonds. The van der Waals surface area contributed by atoms with Crippen molar-refractivity contribution in [2.24, 2.45) is 0 Å². The summed E-state index contributed by atoms with van der Waals surface area (Å²) in [4.78, 5) is 0. The van der Waals surface area contributed by atoms with Gasteiger partial charge in [0.1, 0.15) is 0 Å². The van der Waals surface area contributed by atoms with Crippen LogP contribution >= 0.6 is 0 Å². The summed E-state index contributed by atoms with van der Waals surface area (Å²) in [7, 11) is 0. The second kappa shape index (κ2) is 4.10. The maximum absolute atomic E-state index is 2.22. The number of aryl methyl sites for hydroxylation is 1. The van der Waals surface area contributed by atoms with Crippen molar-refractivity contribution in [2.45, 2.75) is 26.7 Å². The van der Waals surface area contributed by atoms with Gasteiger partial charge in [-0.1, -0.05) is 43.3 Å². The molecule has 0 saturated heterocycles. The molecule has 0 aliphatic heterocycles. The highest BCUT2D eigenvalue weighted by Crippen LogP contribution is 2.19. The normalized spacial score (nSPS) is 13.6. The van der Waals surface area contributed by atoms with Crippen molar-refractivity contribution in [1.82, 2.24) is 0 Å². The minimum Gasteiger partial charge on any atom is -0.0911 e. The molecule has 0 fully saturated rings. The smallest absolute Gasteiger partial charge is 0.000793 e. The summed E-state index contributed by atoms with van der Waals surface area (Å²) in [6.07, 6.45) is 4.33. The Hall–Kier alpha value is -1.04. The van der Waals surface area contributed by atoms with Gasteiger partial charge < -0.3 is 0 Å². The fourth-order valence-electron chi connectivity index (χ4n) is 1.49. The first kappa shape index (κ1) is 9.05. The Morgan fingerprint density at radius 1 is 1.25 bits per heavy atom. The molecule has 0 saturated carbocycles. The second-order valence-electron chi connectivity index (χ2n) is 3.17. The van der Waals surface area contributed by atoms with E-state index in [-0.39, 0.29) is 0 Å². The predicted molar refractivity (Wildman–Crippen MR) is 54.4 cm³/mol. The third-order valence-electron chi connectivity index (χ3n) is 2.16. The zero-order valence-corrected chi connectivity index (χ0v) is 8.04.